The molecule has 1 saturated heterocycles. The second-order valence-corrected chi connectivity index (χ2v) is 6.44. The first kappa shape index (κ1) is 14.5. The molecule has 0 bridgehead atoms. The second kappa shape index (κ2) is 6.15. The molecule has 0 aromatic carbocycles. The van der Waals surface area contributed by atoms with Crippen LogP contribution in [0.5, 0.6) is 0 Å². The van der Waals surface area contributed by atoms with Gasteiger partial charge in [-0.3, -0.25) is 4.90 Å². The quantitative estimate of drug-likeness (QED) is 0.941. The van der Waals surface area contributed by atoms with Crippen LogP contribution >= 0.6 is 11.3 Å². The molecule has 1 atom stereocenters. The minimum atomic E-state index is 0.673. The maximum absolute atomic E-state index is 4.70. The summed E-state index contributed by atoms with van der Waals surface area (Å²) < 4.78 is 0. The Labute approximate surface area is 130 Å². The normalized spacial score (nSPS) is 18.1. The largest absolute Gasteiger partial charge is 0.357 e. The van der Waals surface area contributed by atoms with Crippen LogP contribution in [-0.2, 0) is 0 Å². The zero-order valence-electron chi connectivity index (χ0n) is 13.0. The third-order valence-electron chi connectivity index (χ3n) is 4.36. The molecule has 1 aliphatic heterocycles. The third-order valence-corrected chi connectivity index (χ3v) is 5.16. The fraction of sp³-hybridized carbons (Fsp3) is 0.600. The van der Waals surface area contributed by atoms with E-state index in [1.165, 1.54) is 11.8 Å². The van der Waals surface area contributed by atoms with Crippen molar-refractivity contribution < 1.29 is 0 Å². The maximum Gasteiger partial charge on any atom is 0.225 e. The third kappa shape index (κ3) is 2.82. The molecular formula is C15H23N5S. The van der Waals surface area contributed by atoms with Crippen molar-refractivity contribution in [1.29, 1.82) is 0 Å². The van der Waals surface area contributed by atoms with E-state index >= 15 is 0 Å². The van der Waals surface area contributed by atoms with E-state index in [0.717, 1.165) is 36.8 Å². The summed E-state index contributed by atoms with van der Waals surface area (Å²) in [5.74, 6) is 1.79. The number of nitrogens with zero attached hydrogens (tertiary/aromatic N) is 4. The fourth-order valence-corrected chi connectivity index (χ4v) is 3.58. The van der Waals surface area contributed by atoms with Crippen molar-refractivity contribution in [3.63, 3.8) is 0 Å². The highest BCUT2D eigenvalue weighted by Gasteiger charge is 2.23. The molecule has 3 heterocycles. The number of piperazine rings is 1. The van der Waals surface area contributed by atoms with E-state index in [0.29, 0.717) is 12.0 Å². The monoisotopic (exact) mass is 305 g/mol. The molecule has 0 spiro atoms. The number of fused-ring (bicyclic) bond motifs is 1. The average molecular weight is 305 g/mol. The van der Waals surface area contributed by atoms with E-state index < -0.39 is 0 Å². The predicted octanol–water partition coefficient (Wildman–Crippen LogP) is 2.65. The Morgan fingerprint density at radius 2 is 2.05 bits per heavy atom. The van der Waals surface area contributed by atoms with Gasteiger partial charge in [0.2, 0.25) is 5.95 Å². The van der Waals surface area contributed by atoms with Crippen LogP contribution in [0.1, 0.15) is 20.3 Å². The summed E-state index contributed by atoms with van der Waals surface area (Å²) in [7, 11) is 1.87. The molecule has 1 N–H and O–H groups in total. The van der Waals surface area contributed by atoms with Gasteiger partial charge in [-0.15, -0.1) is 11.3 Å². The molecule has 5 nitrogen and oxygen atoms in total. The summed E-state index contributed by atoms with van der Waals surface area (Å²) >= 11 is 1.68. The molecule has 114 valence electrons. The van der Waals surface area contributed by atoms with Crippen molar-refractivity contribution in [2.24, 2.45) is 0 Å². The lowest BCUT2D eigenvalue weighted by atomic mass is 10.2. The number of rotatable bonds is 4. The second-order valence-electron chi connectivity index (χ2n) is 5.54. The highest BCUT2D eigenvalue weighted by Crippen LogP contribution is 2.29. The molecular weight excluding hydrogens is 282 g/mol. The molecule has 21 heavy (non-hydrogen) atoms. The molecule has 2 aromatic heterocycles. The summed E-state index contributed by atoms with van der Waals surface area (Å²) in [5, 5.41) is 6.34. The lowest BCUT2D eigenvalue weighted by Crippen LogP contribution is -2.49. The number of hydrogen-bond acceptors (Lipinski definition) is 6. The van der Waals surface area contributed by atoms with Gasteiger partial charge in [-0.1, -0.05) is 6.92 Å². The summed E-state index contributed by atoms with van der Waals surface area (Å²) in [6, 6.07) is 2.81. The number of thiophene rings is 1. The molecule has 0 amide bonds. The number of hydrogen-bond donors (Lipinski definition) is 1. The molecule has 0 radical (unpaired) electrons. The highest BCUT2D eigenvalue weighted by atomic mass is 32.1. The Morgan fingerprint density at radius 1 is 1.29 bits per heavy atom. The van der Waals surface area contributed by atoms with Crippen LogP contribution in [0.4, 0.5) is 11.8 Å². The molecule has 6 heteroatoms. The maximum atomic E-state index is 4.70. The van der Waals surface area contributed by atoms with E-state index in [1.54, 1.807) is 11.3 Å². The lowest BCUT2D eigenvalue weighted by Gasteiger charge is -2.38. The first-order valence-electron chi connectivity index (χ1n) is 7.65. The topological polar surface area (TPSA) is 44.3 Å². The molecule has 1 unspecified atom stereocenters. The summed E-state index contributed by atoms with van der Waals surface area (Å²) in [4.78, 5) is 15.3. The van der Waals surface area contributed by atoms with Crippen molar-refractivity contribution in [2.45, 2.75) is 26.3 Å². The van der Waals surface area contributed by atoms with Gasteiger partial charge in [0, 0.05) is 39.3 Å². The van der Waals surface area contributed by atoms with E-state index in [1.807, 2.05) is 7.05 Å². The highest BCUT2D eigenvalue weighted by molar-refractivity contribution is 7.16. The van der Waals surface area contributed by atoms with Crippen LogP contribution in [-0.4, -0.2) is 54.1 Å². The lowest BCUT2D eigenvalue weighted by molar-refractivity contribution is 0.192. The zero-order chi connectivity index (χ0) is 14.8. The van der Waals surface area contributed by atoms with Gasteiger partial charge in [-0.25, -0.2) is 4.98 Å². The van der Waals surface area contributed by atoms with Crippen LogP contribution in [0.2, 0.25) is 0 Å². The predicted molar refractivity (Wildman–Crippen MR) is 90.5 cm³/mol. The number of aromatic nitrogens is 2. The first-order valence-corrected chi connectivity index (χ1v) is 8.53. The van der Waals surface area contributed by atoms with Crippen molar-refractivity contribution in [2.75, 3.05) is 43.4 Å². The molecule has 1 fully saturated rings. The number of anilines is 2. The molecule has 2 aromatic rings. The van der Waals surface area contributed by atoms with Gasteiger partial charge < -0.3 is 10.2 Å². The van der Waals surface area contributed by atoms with Gasteiger partial charge in [-0.2, -0.15) is 4.98 Å². The minimum Gasteiger partial charge on any atom is -0.357 e. The molecule has 3 rings (SSSR count). The van der Waals surface area contributed by atoms with E-state index in [4.69, 9.17) is 4.98 Å². The Kier molecular flexibility index (Phi) is 4.26. The van der Waals surface area contributed by atoms with E-state index in [9.17, 15) is 0 Å². The summed E-state index contributed by atoms with van der Waals surface area (Å²) in [6.07, 6.45) is 1.21. The van der Waals surface area contributed by atoms with Gasteiger partial charge in [-0.05, 0) is 24.8 Å². The van der Waals surface area contributed by atoms with Crippen molar-refractivity contribution in [1.82, 2.24) is 14.9 Å². The Balaban J connectivity index is 1.83. The Bertz CT molecular complexity index is 603. The van der Waals surface area contributed by atoms with Gasteiger partial charge >= 0.3 is 0 Å². The Morgan fingerprint density at radius 3 is 2.71 bits per heavy atom. The van der Waals surface area contributed by atoms with Gasteiger partial charge in [0.25, 0.3) is 0 Å². The summed E-state index contributed by atoms with van der Waals surface area (Å²) in [5.41, 5.74) is 0. The smallest absolute Gasteiger partial charge is 0.225 e. The van der Waals surface area contributed by atoms with E-state index in [2.05, 4.69) is 45.4 Å². The van der Waals surface area contributed by atoms with Gasteiger partial charge in [0.1, 0.15) is 10.6 Å². The van der Waals surface area contributed by atoms with Crippen LogP contribution in [0.25, 0.3) is 10.2 Å². The minimum absolute atomic E-state index is 0.673. The molecule has 0 aliphatic carbocycles. The van der Waals surface area contributed by atoms with Crippen LogP contribution < -0.4 is 10.2 Å². The van der Waals surface area contributed by atoms with Crippen molar-refractivity contribution >= 4 is 33.3 Å². The SMILES string of the molecule is CCC(C)N1CCN(c2nc(NC)nc3sccc23)CC1. The fourth-order valence-electron chi connectivity index (χ4n) is 2.83. The molecule has 1 aliphatic rings. The van der Waals surface area contributed by atoms with Crippen LogP contribution in [0.3, 0.4) is 0 Å². The molecule has 0 saturated carbocycles. The first-order chi connectivity index (χ1) is 10.2. The van der Waals surface area contributed by atoms with Crippen LogP contribution in [0, 0.1) is 0 Å². The number of nitrogens with one attached hydrogen (secondary N) is 1. The van der Waals surface area contributed by atoms with Crippen molar-refractivity contribution in [3.8, 4) is 0 Å². The van der Waals surface area contributed by atoms with Crippen molar-refractivity contribution in [3.05, 3.63) is 11.4 Å². The van der Waals surface area contributed by atoms with Crippen LogP contribution in [0.15, 0.2) is 11.4 Å². The summed E-state index contributed by atoms with van der Waals surface area (Å²) in [6.45, 7) is 8.87. The van der Waals surface area contributed by atoms with Gasteiger partial charge in [0.15, 0.2) is 0 Å². The zero-order valence-corrected chi connectivity index (χ0v) is 13.8. The van der Waals surface area contributed by atoms with E-state index in [-0.39, 0.29) is 0 Å². The average Bonchev–Trinajstić information content (AvgIpc) is 3.01. The van der Waals surface area contributed by atoms with Gasteiger partial charge in [0.05, 0.1) is 5.39 Å². The Hall–Kier alpha value is -1.40. The standard InChI is InChI=1S/C15H23N5S/c1-4-11(2)19-6-8-20(9-7-19)13-12-5-10-21-14(12)18-15(16-3)17-13/h5,10-11H,4,6-9H2,1-3H3,(H,16,17,18).